The fraction of sp³-hybridized carbons (Fsp3) is 0.0545. The Bertz CT molecular complexity index is 2930. The standard InChI is InChI=1S/C55H41NSi/c1-55(2)49-36-31-40-19-12-13-24-45(40)53(49)48-35-34-42(37-50(48)55)56(41-32-29-39(30-33-41)38-17-6-3-7-18-38)51-27-16-26-47-46-25-14-15-28-52(46)57(54(47)51,43-20-8-4-9-21-43)44-22-10-5-11-23-44/h3-37H,1-2H3. The van der Waals surface area contributed by atoms with Crippen molar-refractivity contribution < 1.29 is 0 Å². The van der Waals surface area contributed by atoms with E-state index < -0.39 is 8.07 Å². The number of hydrogen-bond donors (Lipinski definition) is 0. The fourth-order valence-electron chi connectivity index (χ4n) is 10.2. The Kier molecular flexibility index (Phi) is 7.61. The molecule has 0 saturated heterocycles. The number of hydrogen-bond acceptors (Lipinski definition) is 1. The van der Waals surface area contributed by atoms with Crippen molar-refractivity contribution in [3.05, 3.63) is 223 Å². The molecule has 0 fully saturated rings. The number of anilines is 3. The van der Waals surface area contributed by atoms with Gasteiger partial charge in [-0.3, -0.25) is 0 Å². The summed E-state index contributed by atoms with van der Waals surface area (Å²) in [4.78, 5) is 2.56. The molecule has 2 heteroatoms. The van der Waals surface area contributed by atoms with Crippen molar-refractivity contribution >= 4 is 56.7 Å². The third kappa shape index (κ3) is 4.94. The van der Waals surface area contributed by atoms with Crippen molar-refractivity contribution in [2.45, 2.75) is 19.3 Å². The van der Waals surface area contributed by atoms with Crippen molar-refractivity contribution in [1.82, 2.24) is 0 Å². The van der Waals surface area contributed by atoms with Gasteiger partial charge in [0, 0.05) is 22.5 Å². The first-order valence-electron chi connectivity index (χ1n) is 20.0. The molecular formula is C55H41NSi. The second kappa shape index (κ2) is 12.9. The summed E-state index contributed by atoms with van der Waals surface area (Å²) in [6.45, 7) is 4.80. The Labute approximate surface area is 336 Å². The van der Waals surface area contributed by atoms with E-state index in [9.17, 15) is 0 Å². The molecule has 0 bridgehead atoms. The van der Waals surface area contributed by atoms with Crippen LogP contribution in [0.3, 0.4) is 0 Å². The van der Waals surface area contributed by atoms with Crippen molar-refractivity contribution in [3.63, 3.8) is 0 Å². The molecule has 0 amide bonds. The van der Waals surface area contributed by atoms with Crippen LogP contribution in [0.15, 0.2) is 212 Å². The normalized spacial score (nSPS) is 14.1. The highest BCUT2D eigenvalue weighted by Crippen LogP contribution is 2.53. The van der Waals surface area contributed by atoms with E-state index in [1.165, 1.54) is 87.4 Å². The SMILES string of the molecule is CC1(C)c2cc(N(c3ccc(-c4ccccc4)cc3)c3cccc4c3[Si](c3ccccc3)(c3ccccc3)c3ccccc3-4)ccc2-c2c1ccc1ccccc21. The van der Waals surface area contributed by atoms with E-state index in [-0.39, 0.29) is 5.41 Å². The van der Waals surface area contributed by atoms with E-state index in [0.717, 1.165) is 5.69 Å². The summed E-state index contributed by atoms with van der Waals surface area (Å²) >= 11 is 0. The predicted octanol–water partition coefficient (Wildman–Crippen LogP) is 11.6. The average molecular weight is 744 g/mol. The maximum absolute atomic E-state index is 2.84. The van der Waals surface area contributed by atoms with Gasteiger partial charge in [0.1, 0.15) is 0 Å². The van der Waals surface area contributed by atoms with Crippen LogP contribution in [0.25, 0.3) is 44.2 Å². The zero-order chi connectivity index (χ0) is 38.1. The van der Waals surface area contributed by atoms with Crippen LogP contribution in [-0.4, -0.2) is 8.07 Å². The average Bonchev–Trinajstić information content (AvgIpc) is 3.71. The molecule has 0 aromatic heterocycles. The molecule has 9 aromatic carbocycles. The van der Waals surface area contributed by atoms with Gasteiger partial charge in [-0.25, -0.2) is 0 Å². The first-order valence-corrected chi connectivity index (χ1v) is 22.0. The number of rotatable bonds is 6. The summed E-state index contributed by atoms with van der Waals surface area (Å²) in [5.41, 5.74) is 13.9. The van der Waals surface area contributed by atoms with E-state index in [1.807, 2.05) is 0 Å². The number of nitrogens with zero attached hydrogens (tertiary/aromatic N) is 1. The quantitative estimate of drug-likeness (QED) is 0.153. The lowest BCUT2D eigenvalue weighted by atomic mass is 9.82. The molecule has 270 valence electrons. The Morgan fingerprint density at radius 3 is 1.75 bits per heavy atom. The summed E-state index contributed by atoms with van der Waals surface area (Å²) in [6.07, 6.45) is 0. The van der Waals surface area contributed by atoms with E-state index in [4.69, 9.17) is 0 Å². The molecule has 1 aliphatic carbocycles. The first kappa shape index (κ1) is 33.6. The Hall–Kier alpha value is -6.74. The van der Waals surface area contributed by atoms with Crippen LogP contribution < -0.4 is 25.6 Å². The lowest BCUT2D eigenvalue weighted by Crippen LogP contribution is -2.73. The molecule has 2 aliphatic rings. The Balaban J connectivity index is 1.20. The van der Waals surface area contributed by atoms with Gasteiger partial charge in [-0.05, 0) is 106 Å². The zero-order valence-electron chi connectivity index (χ0n) is 32.2. The summed E-state index contributed by atoms with van der Waals surface area (Å²) in [6, 6.07) is 79.6. The third-order valence-corrected chi connectivity index (χ3v) is 17.7. The second-order valence-corrected chi connectivity index (χ2v) is 19.7. The van der Waals surface area contributed by atoms with Crippen LogP contribution in [0.1, 0.15) is 25.0 Å². The van der Waals surface area contributed by atoms with Crippen LogP contribution in [0.4, 0.5) is 17.1 Å². The first-order chi connectivity index (χ1) is 28.0. The molecular weight excluding hydrogens is 703 g/mol. The minimum Gasteiger partial charge on any atom is -0.311 e. The van der Waals surface area contributed by atoms with Crippen LogP contribution in [0.5, 0.6) is 0 Å². The topological polar surface area (TPSA) is 3.24 Å². The summed E-state index contributed by atoms with van der Waals surface area (Å²) in [5.74, 6) is 0. The van der Waals surface area contributed by atoms with Crippen molar-refractivity contribution in [2.75, 3.05) is 4.90 Å². The van der Waals surface area contributed by atoms with Gasteiger partial charge in [0.05, 0.1) is 0 Å². The Morgan fingerprint density at radius 1 is 0.421 bits per heavy atom. The summed E-state index contributed by atoms with van der Waals surface area (Å²) in [7, 11) is -2.84. The highest BCUT2D eigenvalue weighted by atomic mass is 28.3. The van der Waals surface area contributed by atoms with Gasteiger partial charge in [0.15, 0.2) is 8.07 Å². The van der Waals surface area contributed by atoms with Crippen LogP contribution in [-0.2, 0) is 5.41 Å². The van der Waals surface area contributed by atoms with E-state index in [2.05, 4.69) is 231 Å². The molecule has 57 heavy (non-hydrogen) atoms. The molecule has 0 atom stereocenters. The molecule has 1 heterocycles. The molecule has 0 unspecified atom stereocenters. The summed E-state index contributed by atoms with van der Waals surface area (Å²) in [5, 5.41) is 8.28. The van der Waals surface area contributed by atoms with Gasteiger partial charge in [-0.1, -0.05) is 196 Å². The Morgan fingerprint density at radius 2 is 1.02 bits per heavy atom. The zero-order valence-corrected chi connectivity index (χ0v) is 33.2. The highest BCUT2D eigenvalue weighted by molar-refractivity contribution is 7.22. The molecule has 1 nitrogen and oxygen atoms in total. The highest BCUT2D eigenvalue weighted by Gasteiger charge is 2.50. The molecule has 0 radical (unpaired) electrons. The number of benzene rings is 9. The molecule has 0 spiro atoms. The number of fused-ring (bicyclic) bond motifs is 8. The van der Waals surface area contributed by atoms with Gasteiger partial charge in [0.25, 0.3) is 0 Å². The van der Waals surface area contributed by atoms with Crippen LogP contribution in [0, 0.1) is 0 Å². The minimum atomic E-state index is -2.84. The van der Waals surface area contributed by atoms with Crippen molar-refractivity contribution in [3.8, 4) is 33.4 Å². The van der Waals surface area contributed by atoms with E-state index in [0.29, 0.717) is 0 Å². The molecule has 1 aliphatic heterocycles. The monoisotopic (exact) mass is 743 g/mol. The van der Waals surface area contributed by atoms with Gasteiger partial charge < -0.3 is 4.90 Å². The van der Waals surface area contributed by atoms with Gasteiger partial charge in [-0.2, -0.15) is 0 Å². The maximum Gasteiger partial charge on any atom is 0.183 e. The fourth-order valence-corrected chi connectivity index (χ4v) is 15.5. The smallest absolute Gasteiger partial charge is 0.183 e. The van der Waals surface area contributed by atoms with Crippen molar-refractivity contribution in [1.29, 1.82) is 0 Å². The van der Waals surface area contributed by atoms with Gasteiger partial charge in [-0.15, -0.1) is 0 Å². The molecule has 0 saturated carbocycles. The maximum atomic E-state index is 2.56. The minimum absolute atomic E-state index is 0.172. The third-order valence-electron chi connectivity index (χ3n) is 12.7. The van der Waals surface area contributed by atoms with E-state index >= 15 is 0 Å². The molecule has 0 N–H and O–H groups in total. The molecule has 11 rings (SSSR count). The van der Waals surface area contributed by atoms with E-state index in [1.54, 1.807) is 0 Å². The van der Waals surface area contributed by atoms with Gasteiger partial charge in [0.2, 0.25) is 0 Å². The van der Waals surface area contributed by atoms with Crippen molar-refractivity contribution in [2.24, 2.45) is 0 Å². The predicted molar refractivity (Wildman–Crippen MR) is 244 cm³/mol. The van der Waals surface area contributed by atoms with Gasteiger partial charge >= 0.3 is 0 Å². The lowest BCUT2D eigenvalue weighted by molar-refractivity contribution is 0.661. The van der Waals surface area contributed by atoms with Crippen LogP contribution in [0.2, 0.25) is 0 Å². The lowest BCUT2D eigenvalue weighted by Gasteiger charge is -2.36. The second-order valence-electron chi connectivity index (χ2n) is 16.0. The molecule has 9 aromatic rings. The summed E-state index contributed by atoms with van der Waals surface area (Å²) < 4.78 is 0. The van der Waals surface area contributed by atoms with Crippen LogP contribution >= 0.6 is 0 Å². The largest absolute Gasteiger partial charge is 0.311 e.